The zero-order chi connectivity index (χ0) is 16.4. The number of pyridine rings is 1. The molecule has 0 saturated heterocycles. The van der Waals surface area contributed by atoms with E-state index in [1.165, 1.54) is 11.1 Å². The van der Waals surface area contributed by atoms with Gasteiger partial charge in [-0.05, 0) is 57.7 Å². The summed E-state index contributed by atoms with van der Waals surface area (Å²) in [6.07, 6.45) is 8.35. The second-order valence-electron chi connectivity index (χ2n) is 6.95. The number of aromatic amines is 1. The first-order valence-electron chi connectivity index (χ1n) is 8.03. The number of H-pyrrole nitrogens is 1. The summed E-state index contributed by atoms with van der Waals surface area (Å²) in [5, 5.41) is 4.10. The number of allylic oxidation sites excluding steroid dienone is 1. The summed E-state index contributed by atoms with van der Waals surface area (Å²) >= 11 is 0. The number of ether oxygens (including phenoxy) is 1. The summed E-state index contributed by atoms with van der Waals surface area (Å²) in [5.41, 5.74) is 2.98. The van der Waals surface area contributed by atoms with Crippen LogP contribution in [0.1, 0.15) is 45.6 Å². The Hall–Kier alpha value is -2.30. The van der Waals surface area contributed by atoms with Gasteiger partial charge in [-0.3, -0.25) is 0 Å². The van der Waals surface area contributed by atoms with Gasteiger partial charge in [0, 0.05) is 29.4 Å². The summed E-state index contributed by atoms with van der Waals surface area (Å²) in [4.78, 5) is 19.4. The zero-order valence-electron chi connectivity index (χ0n) is 13.8. The highest BCUT2D eigenvalue weighted by molar-refractivity contribution is 5.90. The smallest absolute Gasteiger partial charge is 0.407 e. The molecule has 122 valence electrons. The molecule has 0 fully saturated rings. The van der Waals surface area contributed by atoms with Crippen LogP contribution in [0, 0.1) is 0 Å². The Morgan fingerprint density at radius 1 is 1.43 bits per heavy atom. The summed E-state index contributed by atoms with van der Waals surface area (Å²) in [6.45, 7) is 5.61. The van der Waals surface area contributed by atoms with Gasteiger partial charge in [0.1, 0.15) is 11.2 Å². The molecule has 1 atom stereocenters. The van der Waals surface area contributed by atoms with Crippen molar-refractivity contribution in [2.75, 3.05) is 0 Å². The molecule has 23 heavy (non-hydrogen) atoms. The van der Waals surface area contributed by atoms with Crippen LogP contribution < -0.4 is 5.32 Å². The van der Waals surface area contributed by atoms with E-state index in [4.69, 9.17) is 4.74 Å². The van der Waals surface area contributed by atoms with Gasteiger partial charge in [-0.25, -0.2) is 9.78 Å². The van der Waals surface area contributed by atoms with Crippen LogP contribution in [-0.2, 0) is 4.74 Å². The average molecular weight is 313 g/mol. The zero-order valence-corrected chi connectivity index (χ0v) is 13.8. The maximum absolute atomic E-state index is 11.8. The summed E-state index contributed by atoms with van der Waals surface area (Å²) < 4.78 is 5.31. The predicted octanol–water partition coefficient (Wildman–Crippen LogP) is 4.02. The van der Waals surface area contributed by atoms with E-state index >= 15 is 0 Å². The molecule has 5 heteroatoms. The quantitative estimate of drug-likeness (QED) is 0.880. The van der Waals surface area contributed by atoms with Gasteiger partial charge in [-0.15, -0.1) is 0 Å². The van der Waals surface area contributed by atoms with Crippen molar-refractivity contribution in [3.05, 3.63) is 36.2 Å². The lowest BCUT2D eigenvalue weighted by molar-refractivity contribution is 0.0502. The first kappa shape index (κ1) is 15.6. The molecule has 0 spiro atoms. The van der Waals surface area contributed by atoms with E-state index in [-0.39, 0.29) is 12.1 Å². The van der Waals surface area contributed by atoms with Gasteiger partial charge < -0.3 is 15.0 Å². The number of hydrogen-bond donors (Lipinski definition) is 2. The molecule has 0 aromatic carbocycles. The number of carbonyl (C=O) groups excluding carboxylic acids is 1. The van der Waals surface area contributed by atoms with Gasteiger partial charge in [-0.2, -0.15) is 0 Å². The lowest BCUT2D eigenvalue weighted by Gasteiger charge is -2.25. The highest BCUT2D eigenvalue weighted by Gasteiger charge is 2.22. The van der Waals surface area contributed by atoms with Crippen LogP contribution in [0.3, 0.4) is 0 Å². The fraction of sp³-hybridized carbons (Fsp3) is 0.444. The van der Waals surface area contributed by atoms with Gasteiger partial charge in [0.2, 0.25) is 0 Å². The van der Waals surface area contributed by atoms with E-state index in [0.29, 0.717) is 0 Å². The van der Waals surface area contributed by atoms with Gasteiger partial charge in [0.05, 0.1) is 0 Å². The number of nitrogens with one attached hydrogen (secondary N) is 2. The van der Waals surface area contributed by atoms with Gasteiger partial charge in [-0.1, -0.05) is 6.08 Å². The average Bonchev–Trinajstić information content (AvgIpc) is 2.90. The van der Waals surface area contributed by atoms with Crippen LogP contribution >= 0.6 is 0 Å². The number of fused-ring (bicyclic) bond motifs is 1. The van der Waals surface area contributed by atoms with E-state index in [9.17, 15) is 4.79 Å². The normalized spacial score (nSPS) is 18.6. The fourth-order valence-electron chi connectivity index (χ4n) is 2.91. The number of alkyl carbamates (subject to hydrolysis) is 1. The summed E-state index contributed by atoms with van der Waals surface area (Å²) in [5.74, 6) is 0. The minimum absolute atomic E-state index is 0.136. The molecular weight excluding hydrogens is 290 g/mol. The Balaban J connectivity index is 1.66. The molecule has 2 heterocycles. The number of carbonyl (C=O) groups is 1. The number of amides is 1. The van der Waals surface area contributed by atoms with Crippen molar-refractivity contribution in [2.24, 2.45) is 0 Å². The molecule has 0 bridgehead atoms. The van der Waals surface area contributed by atoms with Crippen molar-refractivity contribution in [3.8, 4) is 0 Å². The third-order valence-electron chi connectivity index (χ3n) is 3.93. The van der Waals surface area contributed by atoms with Crippen molar-refractivity contribution in [1.29, 1.82) is 0 Å². The van der Waals surface area contributed by atoms with Crippen LogP contribution in [0.4, 0.5) is 4.79 Å². The Morgan fingerprint density at radius 2 is 2.26 bits per heavy atom. The standard InChI is InChI=1S/C18H23N3O2/c1-18(2,3)23-17(22)21-13-8-6-12(7-9-13)15-11-20-16-14(15)5-4-10-19-16/h4-6,10-11,13H,7-9H2,1-3H3,(H,19,20)(H,21,22). The lowest BCUT2D eigenvalue weighted by atomic mass is 9.91. The molecule has 2 aromatic heterocycles. The molecule has 2 N–H and O–H groups in total. The second kappa shape index (κ2) is 6.07. The van der Waals surface area contributed by atoms with Crippen molar-refractivity contribution in [2.45, 2.75) is 51.7 Å². The third-order valence-corrected chi connectivity index (χ3v) is 3.93. The lowest BCUT2D eigenvalue weighted by Crippen LogP contribution is -2.39. The maximum Gasteiger partial charge on any atom is 0.407 e. The van der Waals surface area contributed by atoms with E-state index in [0.717, 1.165) is 30.3 Å². The third kappa shape index (κ3) is 3.73. The number of aromatic nitrogens is 2. The molecule has 3 rings (SSSR count). The van der Waals surface area contributed by atoms with Crippen LogP contribution in [0.2, 0.25) is 0 Å². The second-order valence-corrected chi connectivity index (χ2v) is 6.95. The van der Waals surface area contributed by atoms with Crippen LogP contribution in [0.25, 0.3) is 16.6 Å². The maximum atomic E-state index is 11.8. The first-order chi connectivity index (χ1) is 10.9. The Labute approximate surface area is 136 Å². The number of hydrogen-bond acceptors (Lipinski definition) is 3. The van der Waals surface area contributed by atoms with Crippen molar-refractivity contribution < 1.29 is 9.53 Å². The largest absolute Gasteiger partial charge is 0.444 e. The van der Waals surface area contributed by atoms with Crippen molar-refractivity contribution in [1.82, 2.24) is 15.3 Å². The molecule has 0 saturated carbocycles. The molecule has 1 unspecified atom stereocenters. The Morgan fingerprint density at radius 3 is 2.96 bits per heavy atom. The van der Waals surface area contributed by atoms with E-state index in [1.54, 1.807) is 6.20 Å². The minimum atomic E-state index is -0.462. The van der Waals surface area contributed by atoms with Gasteiger partial charge >= 0.3 is 6.09 Å². The SMILES string of the molecule is CC(C)(C)OC(=O)NC1CC=C(c2c[nH]c3ncccc23)CC1. The molecule has 2 aromatic rings. The van der Waals surface area contributed by atoms with Crippen molar-refractivity contribution in [3.63, 3.8) is 0 Å². The molecule has 0 radical (unpaired) electrons. The van der Waals surface area contributed by atoms with Crippen LogP contribution in [0.5, 0.6) is 0 Å². The van der Waals surface area contributed by atoms with E-state index < -0.39 is 5.60 Å². The van der Waals surface area contributed by atoms with Crippen molar-refractivity contribution >= 4 is 22.7 Å². The first-order valence-corrected chi connectivity index (χ1v) is 8.03. The van der Waals surface area contributed by atoms with E-state index in [2.05, 4.69) is 27.4 Å². The van der Waals surface area contributed by atoms with E-state index in [1.807, 2.05) is 33.0 Å². The predicted molar refractivity (Wildman–Crippen MR) is 91.1 cm³/mol. The minimum Gasteiger partial charge on any atom is -0.444 e. The Kier molecular flexibility index (Phi) is 4.11. The fourth-order valence-corrected chi connectivity index (χ4v) is 2.91. The molecule has 1 aliphatic rings. The number of rotatable bonds is 2. The molecule has 0 aliphatic heterocycles. The molecular formula is C18H23N3O2. The number of nitrogens with zero attached hydrogens (tertiary/aromatic N) is 1. The van der Waals surface area contributed by atoms with Gasteiger partial charge in [0.25, 0.3) is 0 Å². The molecule has 5 nitrogen and oxygen atoms in total. The molecule has 1 amide bonds. The monoisotopic (exact) mass is 313 g/mol. The highest BCUT2D eigenvalue weighted by atomic mass is 16.6. The summed E-state index contributed by atoms with van der Waals surface area (Å²) in [6, 6.07) is 4.17. The Bertz CT molecular complexity index is 740. The molecule has 1 aliphatic carbocycles. The van der Waals surface area contributed by atoms with Crippen LogP contribution in [-0.4, -0.2) is 27.7 Å². The van der Waals surface area contributed by atoms with Gasteiger partial charge in [0.15, 0.2) is 0 Å². The van der Waals surface area contributed by atoms with Crippen LogP contribution in [0.15, 0.2) is 30.6 Å². The highest BCUT2D eigenvalue weighted by Crippen LogP contribution is 2.31. The summed E-state index contributed by atoms with van der Waals surface area (Å²) in [7, 11) is 0. The topological polar surface area (TPSA) is 67.0 Å².